The number of amides is 3. The molecule has 3 amide bonds. The van der Waals surface area contributed by atoms with Gasteiger partial charge in [-0.3, -0.25) is 38.6 Å². The number of nitrogen functional groups attached to an aromatic ring is 1. The molecule has 0 saturated carbocycles. The van der Waals surface area contributed by atoms with Crippen molar-refractivity contribution in [1.29, 1.82) is 0 Å². The van der Waals surface area contributed by atoms with Gasteiger partial charge in [0.2, 0.25) is 11.8 Å². The van der Waals surface area contributed by atoms with Crippen LogP contribution in [0.5, 0.6) is 0 Å². The lowest BCUT2D eigenvalue weighted by Crippen LogP contribution is -2.48. The zero-order chi connectivity index (χ0) is 46.5. The molecule has 6 aromatic rings. The monoisotopic (exact) mass is 903 g/mol. The number of pyridine rings is 2. The number of piperazine rings is 1. The number of nitrogens with one attached hydrogen (secondary N) is 1. The first-order chi connectivity index (χ1) is 32.4. The van der Waals surface area contributed by atoms with E-state index >= 15 is 0 Å². The van der Waals surface area contributed by atoms with Crippen LogP contribution in [0.1, 0.15) is 76.5 Å². The van der Waals surface area contributed by atoms with E-state index in [9.17, 15) is 19.2 Å². The van der Waals surface area contributed by atoms with Crippen LogP contribution >= 0.6 is 0 Å². The van der Waals surface area contributed by atoms with Crippen LogP contribution in [-0.2, 0) is 36.8 Å². The second kappa shape index (κ2) is 18.3. The Kier molecular flexibility index (Phi) is 12.2. The number of benzene rings is 2. The fourth-order valence-corrected chi connectivity index (χ4v) is 11.1. The molecule has 3 fully saturated rings. The number of carbonyl (C=O) groups excluding carboxylic acids is 3. The molecular weight excluding hydrogens is 843 g/mol. The van der Waals surface area contributed by atoms with Crippen LogP contribution in [0.2, 0.25) is 0 Å². The Morgan fingerprint density at radius 2 is 1.54 bits per heavy atom. The number of aromatic nitrogens is 5. The maximum Gasteiger partial charge on any atom is 0.329 e. The second-order valence-corrected chi connectivity index (χ2v) is 19.3. The van der Waals surface area contributed by atoms with Crippen LogP contribution < -0.4 is 16.7 Å². The molecule has 10 rings (SSSR count). The average molecular weight is 904 g/mol. The number of likely N-dealkylation sites (tertiary alicyclic amines) is 1. The zero-order valence-corrected chi connectivity index (χ0v) is 39.1. The van der Waals surface area contributed by atoms with Crippen molar-refractivity contribution in [3.63, 3.8) is 0 Å². The molecule has 15 heteroatoms. The van der Waals surface area contributed by atoms with E-state index in [1.165, 1.54) is 21.4 Å². The number of nitrogens with zero attached hydrogens (tertiary/aromatic N) is 9. The smallest absolute Gasteiger partial charge is 0.329 e. The largest absolute Gasteiger partial charge is 0.384 e. The number of nitrogens with two attached hydrogens (primary N) is 1. The van der Waals surface area contributed by atoms with Gasteiger partial charge >= 0.3 is 5.69 Å². The number of aryl methyl sites for hydroxylation is 4. The van der Waals surface area contributed by atoms with Crippen molar-refractivity contribution in [3.05, 3.63) is 117 Å². The number of hydrogen-bond donors (Lipinski definition) is 2. The number of imidazole rings is 1. The summed E-state index contributed by atoms with van der Waals surface area (Å²) in [6.45, 7) is 14.3. The molecule has 3 saturated heterocycles. The molecule has 8 heterocycles. The van der Waals surface area contributed by atoms with E-state index in [-0.39, 0.29) is 23.9 Å². The van der Waals surface area contributed by atoms with E-state index in [1.54, 1.807) is 11.6 Å². The summed E-state index contributed by atoms with van der Waals surface area (Å²) in [5.41, 5.74) is 18.3. The SMILES string of the molecule is Cc1cc(C(=O)N2CCC(CN3CCN(Cc4ccc5c(c4)n(C)c(=O)n5C4CCC(=O)NC4=O)CC3)CC2)cc(C)c1C1=CCN(Cc2cc3c(-c4ccc(N)nc4)ccnc3n2C)CC1. The summed E-state index contributed by atoms with van der Waals surface area (Å²) in [5.74, 6) is 0.500. The number of anilines is 1. The Morgan fingerprint density at radius 1 is 0.776 bits per heavy atom. The molecule has 4 aliphatic rings. The summed E-state index contributed by atoms with van der Waals surface area (Å²) in [6, 6.07) is 17.7. The third kappa shape index (κ3) is 8.83. The van der Waals surface area contributed by atoms with Crippen molar-refractivity contribution in [2.24, 2.45) is 20.0 Å². The van der Waals surface area contributed by atoms with Gasteiger partial charge in [-0.05, 0) is 127 Å². The molecule has 67 heavy (non-hydrogen) atoms. The van der Waals surface area contributed by atoms with Gasteiger partial charge < -0.3 is 20.1 Å². The highest BCUT2D eigenvalue weighted by molar-refractivity contribution is 6.00. The number of imide groups is 1. The Labute approximate surface area is 390 Å². The zero-order valence-electron chi connectivity index (χ0n) is 39.1. The van der Waals surface area contributed by atoms with Crippen LogP contribution in [0.4, 0.5) is 5.82 Å². The summed E-state index contributed by atoms with van der Waals surface area (Å²) in [4.78, 5) is 70.1. The highest BCUT2D eigenvalue weighted by Crippen LogP contribution is 2.33. The maximum atomic E-state index is 13.9. The summed E-state index contributed by atoms with van der Waals surface area (Å²) in [6.07, 6.45) is 9.58. The van der Waals surface area contributed by atoms with Crippen molar-refractivity contribution in [2.75, 3.05) is 64.6 Å². The van der Waals surface area contributed by atoms with Crippen molar-refractivity contribution in [2.45, 2.75) is 65.1 Å². The molecule has 348 valence electrons. The summed E-state index contributed by atoms with van der Waals surface area (Å²) in [7, 11) is 3.83. The third-order valence-electron chi connectivity index (χ3n) is 14.9. The molecule has 3 N–H and O–H groups in total. The molecular formula is C52H61N11O4. The summed E-state index contributed by atoms with van der Waals surface area (Å²) < 4.78 is 5.34. The molecule has 15 nitrogen and oxygen atoms in total. The van der Waals surface area contributed by atoms with E-state index in [0.29, 0.717) is 23.7 Å². The van der Waals surface area contributed by atoms with Crippen LogP contribution in [-0.4, -0.2) is 120 Å². The molecule has 1 unspecified atom stereocenters. The van der Waals surface area contributed by atoms with Crippen molar-refractivity contribution in [3.8, 4) is 11.1 Å². The highest BCUT2D eigenvalue weighted by atomic mass is 16.2. The normalized spacial score (nSPS) is 19.4. The number of piperidine rings is 2. The van der Waals surface area contributed by atoms with Crippen LogP contribution in [0.15, 0.2) is 77.9 Å². The van der Waals surface area contributed by atoms with Gasteiger partial charge in [-0.15, -0.1) is 0 Å². The number of rotatable bonds is 10. The van der Waals surface area contributed by atoms with Crippen molar-refractivity contribution in [1.82, 2.24) is 48.6 Å². The first-order valence-electron chi connectivity index (χ1n) is 23.8. The first-order valence-corrected chi connectivity index (χ1v) is 23.8. The molecule has 0 aliphatic carbocycles. The van der Waals surface area contributed by atoms with E-state index in [4.69, 9.17) is 10.7 Å². The Morgan fingerprint density at radius 3 is 2.24 bits per heavy atom. The van der Waals surface area contributed by atoms with Crippen molar-refractivity contribution >= 4 is 51.2 Å². The molecule has 0 spiro atoms. The Hall–Kier alpha value is -6.42. The molecule has 4 aromatic heterocycles. The van der Waals surface area contributed by atoms with Crippen molar-refractivity contribution < 1.29 is 14.4 Å². The first kappa shape index (κ1) is 44.4. The van der Waals surface area contributed by atoms with Gasteiger partial charge in [0.1, 0.15) is 17.5 Å². The molecule has 2 aromatic carbocycles. The van der Waals surface area contributed by atoms with E-state index in [1.807, 2.05) is 36.7 Å². The van der Waals surface area contributed by atoms with Gasteiger partial charge in [0.15, 0.2) is 0 Å². The standard InChI is InChI=1S/C52H61N11O4/c1-33-25-39(26-34(2)48(33)37-14-17-59(18-15-37)32-40-28-42-41(11-16-54-49(42)57(40)3)38-6-9-46(53)55-29-38)51(66)62-19-12-35(13-20-62)30-60-21-23-61(24-22-60)31-36-5-7-43-45(27-36)58(4)52(67)63(43)44-8-10-47(64)56-50(44)65/h5-7,9,11,14,16,25-29,35,44H,8,10,12-13,15,17-24,30-32H2,1-4H3,(H2,53,55)(H,56,64,65). The molecule has 0 bridgehead atoms. The minimum absolute atomic E-state index is 0.139. The highest BCUT2D eigenvalue weighted by Gasteiger charge is 2.32. The van der Waals surface area contributed by atoms with Gasteiger partial charge in [0.25, 0.3) is 5.91 Å². The Balaban J connectivity index is 0.698. The number of carbonyl (C=O) groups is 3. The fourth-order valence-electron chi connectivity index (χ4n) is 11.1. The maximum absolute atomic E-state index is 13.9. The predicted molar refractivity (Wildman–Crippen MR) is 261 cm³/mol. The van der Waals surface area contributed by atoms with Gasteiger partial charge in [0, 0.05) is 127 Å². The molecule has 4 aliphatic heterocycles. The van der Waals surface area contributed by atoms with E-state index < -0.39 is 11.9 Å². The Bertz CT molecular complexity index is 2960. The lowest BCUT2D eigenvalue weighted by molar-refractivity contribution is -0.135. The van der Waals surface area contributed by atoms with Gasteiger partial charge in [0.05, 0.1) is 11.0 Å². The minimum atomic E-state index is -0.686. The van der Waals surface area contributed by atoms with E-state index in [2.05, 4.69) is 91.8 Å². The van der Waals surface area contributed by atoms with Crippen LogP contribution in [0.3, 0.4) is 0 Å². The van der Waals surface area contributed by atoms with Gasteiger partial charge in [-0.1, -0.05) is 12.1 Å². The molecule has 1 atom stereocenters. The van der Waals surface area contributed by atoms with Gasteiger partial charge in [-0.25, -0.2) is 14.8 Å². The second-order valence-electron chi connectivity index (χ2n) is 19.3. The number of fused-ring (bicyclic) bond motifs is 2. The minimum Gasteiger partial charge on any atom is -0.384 e. The van der Waals surface area contributed by atoms with E-state index in [0.717, 1.165) is 141 Å². The topological polar surface area (TPSA) is 160 Å². The summed E-state index contributed by atoms with van der Waals surface area (Å²) in [5, 5.41) is 3.49. The third-order valence-corrected chi connectivity index (χ3v) is 14.9. The predicted octanol–water partition coefficient (Wildman–Crippen LogP) is 5.42. The lowest BCUT2D eigenvalue weighted by atomic mass is 9.89. The summed E-state index contributed by atoms with van der Waals surface area (Å²) >= 11 is 0. The average Bonchev–Trinajstić information content (AvgIpc) is 3.77. The van der Waals surface area contributed by atoms with Gasteiger partial charge in [-0.2, -0.15) is 0 Å². The number of hydrogen-bond acceptors (Lipinski definition) is 10. The lowest BCUT2D eigenvalue weighted by Gasteiger charge is -2.39. The quantitative estimate of drug-likeness (QED) is 0.170. The fraction of sp³-hybridized carbons (Fsp3) is 0.423. The van der Waals surface area contributed by atoms with Crippen LogP contribution in [0.25, 0.3) is 38.8 Å². The molecule has 0 radical (unpaired) electrons. The van der Waals surface area contributed by atoms with Crippen LogP contribution in [0, 0.1) is 19.8 Å².